The summed E-state index contributed by atoms with van der Waals surface area (Å²) in [7, 11) is 0. The van der Waals surface area contributed by atoms with Crippen molar-refractivity contribution in [3.8, 4) is 0 Å². The van der Waals surface area contributed by atoms with Gasteiger partial charge in [-0.05, 0) is 0 Å². The van der Waals surface area contributed by atoms with E-state index in [1.54, 1.807) is 0 Å². The molecule has 1 fully saturated rings. The van der Waals surface area contributed by atoms with Gasteiger partial charge in [-0.1, -0.05) is 0 Å². The summed E-state index contributed by atoms with van der Waals surface area (Å²) < 4.78 is 6.09. The number of H-pyrrole nitrogens is 1. The van der Waals surface area contributed by atoms with Crippen LogP contribution in [0.15, 0.2) is 21.9 Å². The Morgan fingerprint density at radius 3 is 2.56 bits per heavy atom. The minimum Gasteiger partial charge on any atom is -0.387 e. The van der Waals surface area contributed by atoms with E-state index >= 15 is 0 Å². The van der Waals surface area contributed by atoms with E-state index in [0.29, 0.717) is 0 Å². The van der Waals surface area contributed by atoms with Crippen LogP contribution >= 0.6 is 12.6 Å². The number of ether oxygens (including phenoxy) is 1. The molecule has 1 aromatic heterocycles. The van der Waals surface area contributed by atoms with Crippen molar-refractivity contribution in [3.63, 3.8) is 0 Å². The zero-order valence-corrected chi connectivity index (χ0v) is 8.87. The molecule has 0 radical (unpaired) electrons. The summed E-state index contributed by atoms with van der Waals surface area (Å²) >= 11 is 3.89. The molecule has 0 spiro atoms. The molecule has 3 N–H and O–H groups in total. The molecular weight excluding hydrogens is 236 g/mol. The van der Waals surface area contributed by atoms with Crippen LogP contribution < -0.4 is 11.2 Å². The Morgan fingerprint density at radius 2 is 2.06 bits per heavy atom. The van der Waals surface area contributed by atoms with Gasteiger partial charge in [-0.25, -0.2) is 4.79 Å². The molecule has 0 aromatic carbocycles. The van der Waals surface area contributed by atoms with Gasteiger partial charge in [0.1, 0.15) is 17.6 Å². The maximum Gasteiger partial charge on any atom is 0.330 e. The Labute approximate surface area is 94.7 Å². The molecule has 0 bridgehead atoms. The average Bonchev–Trinajstić information content (AvgIpc) is 2.46. The summed E-state index contributed by atoms with van der Waals surface area (Å²) in [6.45, 7) is 0. The van der Waals surface area contributed by atoms with Gasteiger partial charge in [0.25, 0.3) is 5.56 Å². The summed E-state index contributed by atoms with van der Waals surface area (Å²) in [5, 5.41) is 19.0. The van der Waals surface area contributed by atoms with Gasteiger partial charge >= 0.3 is 5.69 Å². The van der Waals surface area contributed by atoms with Crippen LogP contribution in [-0.4, -0.2) is 37.4 Å². The quantitative estimate of drug-likeness (QED) is 0.431. The van der Waals surface area contributed by atoms with Gasteiger partial charge in [-0.2, -0.15) is 0 Å². The monoisotopic (exact) mass is 246 g/mol. The molecule has 1 saturated heterocycles. The summed E-state index contributed by atoms with van der Waals surface area (Å²) in [6.07, 6.45) is -2.33. The van der Waals surface area contributed by atoms with Gasteiger partial charge in [0.2, 0.25) is 0 Å². The first-order valence-electron chi connectivity index (χ1n) is 4.52. The molecule has 8 heteroatoms. The van der Waals surface area contributed by atoms with Crippen LogP contribution in [0.1, 0.15) is 6.23 Å². The highest BCUT2D eigenvalue weighted by molar-refractivity contribution is 7.80. The highest BCUT2D eigenvalue weighted by Gasteiger charge is 2.42. The molecule has 7 nitrogen and oxygen atoms in total. The van der Waals surface area contributed by atoms with E-state index < -0.39 is 35.1 Å². The smallest absolute Gasteiger partial charge is 0.330 e. The molecule has 0 aliphatic carbocycles. The lowest BCUT2D eigenvalue weighted by atomic mass is 10.2. The first-order valence-corrected chi connectivity index (χ1v) is 5.03. The van der Waals surface area contributed by atoms with Crippen LogP contribution in [0.3, 0.4) is 0 Å². The van der Waals surface area contributed by atoms with E-state index in [9.17, 15) is 19.8 Å². The van der Waals surface area contributed by atoms with Crippen LogP contribution in [-0.2, 0) is 4.74 Å². The minimum absolute atomic E-state index is 0.545. The fourth-order valence-electron chi connectivity index (χ4n) is 1.50. The Bertz CT molecular complexity index is 498. The van der Waals surface area contributed by atoms with E-state index in [1.165, 1.54) is 6.20 Å². The maximum atomic E-state index is 11.4. The number of aromatic nitrogens is 2. The molecule has 4 atom stereocenters. The number of rotatable bonds is 1. The first kappa shape index (κ1) is 11.4. The van der Waals surface area contributed by atoms with E-state index in [4.69, 9.17) is 4.74 Å². The zero-order chi connectivity index (χ0) is 11.9. The molecule has 88 valence electrons. The van der Waals surface area contributed by atoms with Crippen LogP contribution in [0, 0.1) is 0 Å². The Kier molecular flexibility index (Phi) is 2.89. The number of aliphatic hydroxyl groups is 2. The number of thiol groups is 1. The molecule has 1 aliphatic rings. The standard InChI is InChI=1S/C8H10N2O5S/c11-3-1-2-10(8(14)9-3)6-4(12)5(13)7(16)15-6/h1-2,4-7,12-13,16H,(H,9,11,14)/t4?,5-,6?,7?/m0/s1. The number of aromatic amines is 1. The summed E-state index contributed by atoms with van der Waals surface area (Å²) in [4.78, 5) is 24.2. The lowest BCUT2D eigenvalue weighted by Crippen LogP contribution is -2.37. The van der Waals surface area contributed by atoms with Crippen molar-refractivity contribution in [2.75, 3.05) is 0 Å². The normalized spacial score (nSPS) is 34.2. The third-order valence-electron chi connectivity index (χ3n) is 2.34. The van der Waals surface area contributed by atoms with Gasteiger partial charge in [-0.3, -0.25) is 14.3 Å². The van der Waals surface area contributed by atoms with Crippen molar-refractivity contribution in [1.82, 2.24) is 9.55 Å². The predicted molar refractivity (Wildman–Crippen MR) is 56.2 cm³/mol. The third-order valence-corrected chi connectivity index (χ3v) is 2.77. The van der Waals surface area contributed by atoms with Gasteiger partial charge in [0.15, 0.2) is 6.23 Å². The molecule has 0 amide bonds. The van der Waals surface area contributed by atoms with E-state index in [1.807, 2.05) is 4.98 Å². The van der Waals surface area contributed by atoms with Gasteiger partial charge in [0.05, 0.1) is 0 Å². The second-order valence-corrected chi connectivity index (χ2v) is 3.92. The lowest BCUT2D eigenvalue weighted by molar-refractivity contribution is -0.0242. The second kappa shape index (κ2) is 4.06. The average molecular weight is 246 g/mol. The number of nitrogens with zero attached hydrogens (tertiary/aromatic N) is 1. The Balaban J connectivity index is 2.39. The first-order chi connectivity index (χ1) is 7.50. The summed E-state index contributed by atoms with van der Waals surface area (Å²) in [6, 6.07) is 1.12. The van der Waals surface area contributed by atoms with Crippen molar-refractivity contribution in [3.05, 3.63) is 33.1 Å². The van der Waals surface area contributed by atoms with Crippen molar-refractivity contribution in [1.29, 1.82) is 0 Å². The second-order valence-electron chi connectivity index (χ2n) is 3.42. The number of nitrogens with one attached hydrogen (secondary N) is 1. The molecule has 0 saturated carbocycles. The van der Waals surface area contributed by atoms with Crippen LogP contribution in [0.4, 0.5) is 0 Å². The summed E-state index contributed by atoms with van der Waals surface area (Å²) in [5.41, 5.74) is -2.14. The predicted octanol–water partition coefficient (Wildman–Crippen LogP) is -1.96. The van der Waals surface area contributed by atoms with Crippen LogP contribution in [0.5, 0.6) is 0 Å². The molecule has 2 rings (SSSR count). The van der Waals surface area contributed by atoms with Crippen molar-refractivity contribution in [2.45, 2.75) is 23.9 Å². The van der Waals surface area contributed by atoms with Crippen LogP contribution in [0.2, 0.25) is 0 Å². The SMILES string of the molecule is O=c1ccn(C2OC(S)[C@@H](O)C2O)c(=O)[nH]1. The molecule has 1 aliphatic heterocycles. The minimum atomic E-state index is -1.27. The van der Waals surface area contributed by atoms with E-state index in [-0.39, 0.29) is 0 Å². The molecular formula is C8H10N2O5S. The molecule has 3 unspecified atom stereocenters. The topological polar surface area (TPSA) is 105 Å². The largest absolute Gasteiger partial charge is 0.387 e. The van der Waals surface area contributed by atoms with Gasteiger partial charge < -0.3 is 14.9 Å². The van der Waals surface area contributed by atoms with Crippen molar-refractivity contribution >= 4 is 12.6 Å². The Morgan fingerprint density at radius 1 is 1.38 bits per heavy atom. The maximum absolute atomic E-state index is 11.4. The van der Waals surface area contributed by atoms with Crippen molar-refractivity contribution in [2.24, 2.45) is 0 Å². The fraction of sp³-hybridized carbons (Fsp3) is 0.500. The van der Waals surface area contributed by atoms with Gasteiger partial charge in [-0.15, -0.1) is 12.6 Å². The number of hydrogen-bond donors (Lipinski definition) is 4. The lowest BCUT2D eigenvalue weighted by Gasteiger charge is -2.16. The molecule has 16 heavy (non-hydrogen) atoms. The van der Waals surface area contributed by atoms with Crippen LogP contribution in [0.25, 0.3) is 0 Å². The zero-order valence-electron chi connectivity index (χ0n) is 7.98. The highest BCUT2D eigenvalue weighted by atomic mass is 32.1. The van der Waals surface area contributed by atoms with E-state index in [2.05, 4.69) is 12.6 Å². The number of aliphatic hydroxyl groups excluding tert-OH is 2. The molecule has 2 heterocycles. The van der Waals surface area contributed by atoms with E-state index in [0.717, 1.165) is 10.6 Å². The fourth-order valence-corrected chi connectivity index (χ4v) is 1.80. The Hall–Kier alpha value is -1.09. The third kappa shape index (κ3) is 1.80. The highest BCUT2D eigenvalue weighted by Crippen LogP contribution is 2.29. The van der Waals surface area contributed by atoms with Gasteiger partial charge in [0, 0.05) is 12.3 Å². The number of hydrogen-bond acceptors (Lipinski definition) is 6. The summed E-state index contributed by atoms with van der Waals surface area (Å²) in [5.74, 6) is 0. The molecule has 1 aromatic rings. The van der Waals surface area contributed by atoms with Crippen molar-refractivity contribution < 1.29 is 14.9 Å².